The highest BCUT2D eigenvalue weighted by molar-refractivity contribution is 7.85. The van der Waals surface area contributed by atoms with Crippen LogP contribution in [0.15, 0.2) is 157 Å². The van der Waals surface area contributed by atoms with Crippen molar-refractivity contribution in [3.63, 3.8) is 0 Å². The zero-order chi connectivity index (χ0) is 35.6. The topological polar surface area (TPSA) is 132 Å². The van der Waals surface area contributed by atoms with Crippen molar-refractivity contribution in [2.45, 2.75) is 34.7 Å². The Bertz CT molecular complexity index is 1960. The molecule has 1 saturated heterocycles. The highest BCUT2D eigenvalue weighted by Crippen LogP contribution is 2.34. The minimum Gasteiger partial charge on any atom is -0.459 e. The van der Waals surface area contributed by atoms with Gasteiger partial charge in [-0.25, -0.2) is 19.2 Å². The van der Waals surface area contributed by atoms with E-state index in [1.54, 1.807) is 115 Å². The van der Waals surface area contributed by atoms with Crippen molar-refractivity contribution < 1.29 is 47.1 Å². The second-order valence-corrected chi connectivity index (χ2v) is 12.9. The van der Waals surface area contributed by atoms with Crippen molar-refractivity contribution >= 4 is 34.7 Å². The van der Waals surface area contributed by atoms with Gasteiger partial charge in [0.05, 0.1) is 33.1 Å². The lowest BCUT2D eigenvalue weighted by Crippen LogP contribution is -2.63. The SMILES string of the molecule is O=C(OCC1OC(S(=O)c2ccccc2)C(OC(=O)c2ccccc2)C(OC(=O)c2ccccc2)C1OC(=O)c1ccccc1)c1ccccc1. The molecule has 0 amide bonds. The molecule has 0 saturated carbocycles. The van der Waals surface area contributed by atoms with Crippen LogP contribution in [0, 0.1) is 0 Å². The third kappa shape index (κ3) is 8.64. The number of ether oxygens (including phenoxy) is 5. The molecule has 5 aromatic rings. The number of benzene rings is 5. The molecule has 258 valence electrons. The second kappa shape index (κ2) is 16.7. The lowest BCUT2D eigenvalue weighted by atomic mass is 9.98. The number of hydrogen-bond donors (Lipinski definition) is 0. The first-order chi connectivity index (χ1) is 24.9. The van der Waals surface area contributed by atoms with E-state index in [2.05, 4.69) is 0 Å². The molecule has 0 N–H and O–H groups in total. The van der Waals surface area contributed by atoms with Gasteiger partial charge in [0.1, 0.15) is 12.7 Å². The molecule has 0 aliphatic carbocycles. The Hall–Kier alpha value is -5.91. The summed E-state index contributed by atoms with van der Waals surface area (Å²) in [5.74, 6) is -3.20. The van der Waals surface area contributed by atoms with Crippen LogP contribution in [0.2, 0.25) is 0 Å². The predicted octanol–water partition coefficient (Wildman–Crippen LogP) is 6.05. The van der Waals surface area contributed by atoms with Crippen LogP contribution < -0.4 is 0 Å². The molecule has 51 heavy (non-hydrogen) atoms. The summed E-state index contributed by atoms with van der Waals surface area (Å²) in [7, 11) is -2.06. The third-order valence-corrected chi connectivity index (χ3v) is 9.46. The van der Waals surface area contributed by atoms with E-state index in [4.69, 9.17) is 23.7 Å². The molecule has 6 atom stereocenters. The van der Waals surface area contributed by atoms with Gasteiger partial charge < -0.3 is 23.7 Å². The normalized spacial score (nSPS) is 20.3. The second-order valence-electron chi connectivity index (χ2n) is 11.3. The van der Waals surface area contributed by atoms with Crippen molar-refractivity contribution in [1.29, 1.82) is 0 Å². The molecule has 1 heterocycles. The first kappa shape index (κ1) is 34.9. The van der Waals surface area contributed by atoms with E-state index >= 15 is 0 Å². The number of carbonyl (C=O) groups excluding carboxylic acids is 4. The van der Waals surface area contributed by atoms with E-state index in [9.17, 15) is 23.4 Å². The summed E-state index contributed by atoms with van der Waals surface area (Å²) >= 11 is 0. The average Bonchev–Trinajstić information content (AvgIpc) is 3.19. The largest absolute Gasteiger partial charge is 0.459 e. The average molecular weight is 705 g/mol. The minimum atomic E-state index is -2.06. The van der Waals surface area contributed by atoms with E-state index in [1.165, 1.54) is 36.4 Å². The Morgan fingerprint density at radius 3 is 1.25 bits per heavy atom. The molecule has 0 bridgehead atoms. The Balaban J connectivity index is 1.44. The van der Waals surface area contributed by atoms with Gasteiger partial charge in [0, 0.05) is 4.90 Å². The van der Waals surface area contributed by atoms with Crippen LogP contribution in [0.25, 0.3) is 0 Å². The minimum absolute atomic E-state index is 0.151. The Kier molecular flexibility index (Phi) is 11.4. The Labute approximate surface area is 296 Å². The van der Waals surface area contributed by atoms with Gasteiger partial charge in [0.2, 0.25) is 0 Å². The maximum absolute atomic E-state index is 14.3. The molecular formula is C40H32O10S. The summed E-state index contributed by atoms with van der Waals surface area (Å²) in [4.78, 5) is 54.4. The van der Waals surface area contributed by atoms with Crippen LogP contribution in [0.5, 0.6) is 0 Å². The highest BCUT2D eigenvalue weighted by Gasteiger charge is 2.55. The quantitative estimate of drug-likeness (QED) is 0.118. The zero-order valence-electron chi connectivity index (χ0n) is 27.0. The van der Waals surface area contributed by atoms with Crippen LogP contribution in [-0.2, 0) is 34.5 Å². The highest BCUT2D eigenvalue weighted by atomic mass is 32.2. The number of hydrogen-bond acceptors (Lipinski definition) is 10. The van der Waals surface area contributed by atoms with Crippen molar-refractivity contribution in [1.82, 2.24) is 0 Å². The van der Waals surface area contributed by atoms with E-state index in [-0.39, 0.29) is 22.3 Å². The Morgan fingerprint density at radius 2 is 0.824 bits per heavy atom. The molecule has 6 rings (SSSR count). The summed E-state index contributed by atoms with van der Waals surface area (Å²) in [6.07, 6.45) is -6.04. The van der Waals surface area contributed by atoms with Crippen LogP contribution in [-0.4, -0.2) is 64.5 Å². The summed E-state index contributed by atoms with van der Waals surface area (Å²) in [5, 5.41) is 0. The summed E-state index contributed by atoms with van der Waals surface area (Å²) in [5.41, 5.74) is -0.763. The molecule has 11 heteroatoms. The first-order valence-corrected chi connectivity index (χ1v) is 17.2. The predicted molar refractivity (Wildman–Crippen MR) is 185 cm³/mol. The van der Waals surface area contributed by atoms with Gasteiger partial charge >= 0.3 is 23.9 Å². The summed E-state index contributed by atoms with van der Waals surface area (Å²) in [6, 6.07) is 40.7. The van der Waals surface area contributed by atoms with Crippen molar-refractivity contribution in [3.8, 4) is 0 Å². The van der Waals surface area contributed by atoms with E-state index in [1.807, 2.05) is 0 Å². The standard InChI is InChI=1S/C40H32O10S/c41-36(27-16-6-1-7-17-27)46-26-32-33(48-37(42)28-18-8-2-9-19-28)34(49-38(43)29-20-10-3-11-21-29)35(50-39(44)30-22-12-4-13-23-30)40(47-32)51(45)31-24-14-5-15-25-31/h1-25,32-35,40H,26H2. The number of rotatable bonds is 11. The van der Waals surface area contributed by atoms with E-state index in [0.29, 0.717) is 4.90 Å². The van der Waals surface area contributed by atoms with Crippen molar-refractivity contribution in [2.75, 3.05) is 6.61 Å². The third-order valence-electron chi connectivity index (χ3n) is 7.92. The number of carbonyl (C=O) groups is 4. The fraction of sp³-hybridized carbons (Fsp3) is 0.150. The maximum Gasteiger partial charge on any atom is 0.338 e. The fourth-order valence-corrected chi connectivity index (χ4v) is 6.78. The summed E-state index contributed by atoms with van der Waals surface area (Å²) < 4.78 is 44.4. The van der Waals surface area contributed by atoms with Gasteiger partial charge in [-0.15, -0.1) is 0 Å². The van der Waals surface area contributed by atoms with Gasteiger partial charge in [-0.3, -0.25) is 4.21 Å². The molecule has 0 spiro atoms. The van der Waals surface area contributed by atoms with Crippen LogP contribution in [0.1, 0.15) is 41.4 Å². The van der Waals surface area contributed by atoms with E-state index < -0.39 is 71.1 Å². The first-order valence-electron chi connectivity index (χ1n) is 16.0. The van der Waals surface area contributed by atoms with Gasteiger partial charge in [-0.2, -0.15) is 0 Å². The van der Waals surface area contributed by atoms with Gasteiger partial charge in [-0.1, -0.05) is 91.0 Å². The molecule has 0 aromatic heterocycles. The molecule has 0 radical (unpaired) electrons. The van der Waals surface area contributed by atoms with E-state index in [0.717, 1.165) is 0 Å². The molecule has 5 aromatic carbocycles. The molecule has 10 nitrogen and oxygen atoms in total. The van der Waals surface area contributed by atoms with Gasteiger partial charge in [-0.05, 0) is 60.7 Å². The van der Waals surface area contributed by atoms with Gasteiger partial charge in [0.15, 0.2) is 23.7 Å². The lowest BCUT2D eigenvalue weighted by molar-refractivity contribution is -0.208. The lowest BCUT2D eigenvalue weighted by Gasteiger charge is -2.44. The van der Waals surface area contributed by atoms with Crippen molar-refractivity contribution in [2.24, 2.45) is 0 Å². The Morgan fingerprint density at radius 1 is 0.471 bits per heavy atom. The number of esters is 4. The zero-order valence-corrected chi connectivity index (χ0v) is 27.8. The fourth-order valence-electron chi connectivity index (χ4n) is 5.39. The smallest absolute Gasteiger partial charge is 0.338 e. The van der Waals surface area contributed by atoms with Crippen LogP contribution >= 0.6 is 0 Å². The van der Waals surface area contributed by atoms with Crippen molar-refractivity contribution in [3.05, 3.63) is 174 Å². The molecule has 1 aliphatic rings. The summed E-state index contributed by atoms with van der Waals surface area (Å²) in [6.45, 7) is -0.512. The molecular weight excluding hydrogens is 672 g/mol. The van der Waals surface area contributed by atoms with Gasteiger partial charge in [0.25, 0.3) is 0 Å². The van der Waals surface area contributed by atoms with Crippen LogP contribution in [0.3, 0.4) is 0 Å². The molecule has 6 unspecified atom stereocenters. The molecule has 1 aliphatic heterocycles. The maximum atomic E-state index is 14.3. The monoisotopic (exact) mass is 704 g/mol. The van der Waals surface area contributed by atoms with Crippen LogP contribution in [0.4, 0.5) is 0 Å². The molecule has 1 fully saturated rings.